The van der Waals surface area contributed by atoms with Crippen LogP contribution in [0, 0.1) is 0 Å². The van der Waals surface area contributed by atoms with Crippen molar-refractivity contribution in [1.29, 1.82) is 0 Å². The number of rotatable bonds is 5. The van der Waals surface area contributed by atoms with Crippen LogP contribution in [0.2, 0.25) is 0 Å². The number of sulfonamides is 1. The summed E-state index contributed by atoms with van der Waals surface area (Å²) in [6.45, 7) is 1.42. The quantitative estimate of drug-likeness (QED) is 0.652. The number of anilines is 1. The highest BCUT2D eigenvalue weighted by Gasteiger charge is 2.10. The van der Waals surface area contributed by atoms with Gasteiger partial charge in [0, 0.05) is 12.6 Å². The minimum absolute atomic E-state index is 0.146. The molecule has 2 aromatic rings. The fourth-order valence-electron chi connectivity index (χ4n) is 1.68. The second kappa shape index (κ2) is 6.86. The lowest BCUT2D eigenvalue weighted by Crippen LogP contribution is -2.18. The first-order chi connectivity index (χ1) is 10.5. The average Bonchev–Trinajstić information content (AvgIpc) is 2.49. The van der Waals surface area contributed by atoms with Crippen molar-refractivity contribution in [2.75, 3.05) is 5.32 Å². The van der Waals surface area contributed by atoms with Crippen LogP contribution in [0.25, 0.3) is 0 Å². The van der Waals surface area contributed by atoms with Crippen LogP contribution in [0.5, 0.6) is 0 Å². The predicted molar refractivity (Wildman–Crippen MR) is 85.1 cm³/mol. The number of benzene rings is 2. The molecule has 0 aliphatic rings. The Morgan fingerprint density at radius 2 is 1.68 bits per heavy atom. The molecule has 0 aromatic heterocycles. The molecule has 0 bridgehead atoms. The number of hydrogen-bond acceptors (Lipinski definition) is 4. The summed E-state index contributed by atoms with van der Waals surface area (Å²) >= 11 is 0. The number of amides is 1. The Kier molecular flexibility index (Phi) is 4.90. The average molecular weight is 317 g/mol. The molecular weight excluding hydrogens is 302 g/mol. The Bertz CT molecular complexity index is 769. The molecule has 1 amide bonds. The first-order valence-corrected chi connectivity index (χ1v) is 7.93. The van der Waals surface area contributed by atoms with E-state index in [2.05, 4.69) is 15.2 Å². The van der Waals surface area contributed by atoms with Crippen LogP contribution in [-0.4, -0.2) is 20.5 Å². The van der Waals surface area contributed by atoms with E-state index in [4.69, 9.17) is 0 Å². The minimum atomic E-state index is -3.66. The summed E-state index contributed by atoms with van der Waals surface area (Å²) in [5, 5.41) is 6.37. The summed E-state index contributed by atoms with van der Waals surface area (Å²) in [7, 11) is -3.66. The van der Waals surface area contributed by atoms with E-state index < -0.39 is 10.0 Å². The Hall–Kier alpha value is -2.67. The maximum Gasteiger partial charge on any atom is 0.276 e. The molecule has 0 saturated heterocycles. The van der Waals surface area contributed by atoms with E-state index in [9.17, 15) is 13.2 Å². The van der Waals surface area contributed by atoms with Crippen LogP contribution in [0.4, 0.5) is 5.69 Å². The summed E-state index contributed by atoms with van der Waals surface area (Å²) in [5.41, 5.74) is 1.36. The molecule has 0 spiro atoms. The van der Waals surface area contributed by atoms with Gasteiger partial charge in [-0.25, -0.2) is 4.83 Å². The zero-order valence-corrected chi connectivity index (χ0v) is 12.7. The molecule has 0 aliphatic heterocycles. The van der Waals surface area contributed by atoms with Crippen molar-refractivity contribution in [2.45, 2.75) is 11.8 Å². The molecule has 0 unspecified atom stereocenters. The molecule has 2 rings (SSSR count). The van der Waals surface area contributed by atoms with Gasteiger partial charge >= 0.3 is 0 Å². The van der Waals surface area contributed by atoms with Crippen molar-refractivity contribution >= 4 is 27.8 Å². The summed E-state index contributed by atoms with van der Waals surface area (Å²) in [6.07, 6.45) is 1.39. The van der Waals surface area contributed by atoms with Crippen LogP contribution in [-0.2, 0) is 14.8 Å². The highest BCUT2D eigenvalue weighted by molar-refractivity contribution is 7.89. The maximum atomic E-state index is 11.9. The van der Waals surface area contributed by atoms with E-state index in [1.54, 1.807) is 42.5 Å². The van der Waals surface area contributed by atoms with Crippen LogP contribution in [0.15, 0.2) is 64.6 Å². The molecule has 0 atom stereocenters. The molecule has 2 N–H and O–H groups in total. The van der Waals surface area contributed by atoms with Gasteiger partial charge in [-0.2, -0.15) is 13.5 Å². The minimum Gasteiger partial charge on any atom is -0.326 e. The summed E-state index contributed by atoms with van der Waals surface area (Å²) in [4.78, 5) is 13.2. The zero-order valence-electron chi connectivity index (χ0n) is 11.9. The van der Waals surface area contributed by atoms with E-state index >= 15 is 0 Å². The lowest BCUT2D eigenvalue weighted by atomic mass is 10.2. The second-order valence-electron chi connectivity index (χ2n) is 4.47. The third-order valence-electron chi connectivity index (χ3n) is 2.67. The fourth-order valence-corrected chi connectivity index (χ4v) is 2.49. The smallest absolute Gasteiger partial charge is 0.276 e. The monoisotopic (exact) mass is 317 g/mol. The van der Waals surface area contributed by atoms with Gasteiger partial charge in [0.15, 0.2) is 0 Å². The molecule has 0 heterocycles. The van der Waals surface area contributed by atoms with Crippen LogP contribution in [0.3, 0.4) is 0 Å². The maximum absolute atomic E-state index is 11.9. The molecule has 0 fully saturated rings. The Morgan fingerprint density at radius 3 is 2.27 bits per heavy atom. The molecule has 6 nitrogen and oxygen atoms in total. The van der Waals surface area contributed by atoms with Gasteiger partial charge in [0.2, 0.25) is 5.91 Å². The highest BCUT2D eigenvalue weighted by atomic mass is 32.2. The van der Waals surface area contributed by atoms with Crippen molar-refractivity contribution in [1.82, 2.24) is 4.83 Å². The van der Waals surface area contributed by atoms with Crippen molar-refractivity contribution in [3.05, 3.63) is 60.2 Å². The molecule has 22 heavy (non-hydrogen) atoms. The highest BCUT2D eigenvalue weighted by Crippen LogP contribution is 2.09. The number of hydrogen-bond donors (Lipinski definition) is 2. The first-order valence-electron chi connectivity index (χ1n) is 6.45. The van der Waals surface area contributed by atoms with Gasteiger partial charge in [0.25, 0.3) is 10.0 Å². The molecule has 0 radical (unpaired) electrons. The van der Waals surface area contributed by atoms with Crippen molar-refractivity contribution < 1.29 is 13.2 Å². The lowest BCUT2D eigenvalue weighted by Gasteiger charge is -2.03. The first kappa shape index (κ1) is 15.7. The zero-order chi connectivity index (χ0) is 16.0. The van der Waals surface area contributed by atoms with E-state index in [1.807, 2.05) is 0 Å². The Morgan fingerprint density at radius 1 is 1.05 bits per heavy atom. The van der Waals surface area contributed by atoms with Crippen molar-refractivity contribution in [3.8, 4) is 0 Å². The third-order valence-corrected chi connectivity index (χ3v) is 3.91. The summed E-state index contributed by atoms with van der Waals surface area (Å²) in [6, 6.07) is 14.8. The normalized spacial score (nSPS) is 11.3. The van der Waals surface area contributed by atoms with Gasteiger partial charge in [-0.1, -0.05) is 30.3 Å². The summed E-state index contributed by atoms with van der Waals surface area (Å²) < 4.78 is 23.9. The van der Waals surface area contributed by atoms with E-state index in [-0.39, 0.29) is 10.8 Å². The van der Waals surface area contributed by atoms with Gasteiger partial charge in [-0.15, -0.1) is 0 Å². The Balaban J connectivity index is 2.02. The molecule has 114 valence electrons. The predicted octanol–water partition coefficient (Wildman–Crippen LogP) is 1.96. The van der Waals surface area contributed by atoms with Crippen molar-refractivity contribution in [2.24, 2.45) is 5.10 Å². The van der Waals surface area contributed by atoms with Gasteiger partial charge in [0.1, 0.15) is 0 Å². The molecule has 2 aromatic carbocycles. The topological polar surface area (TPSA) is 87.6 Å². The third kappa shape index (κ3) is 4.42. The summed E-state index contributed by atoms with van der Waals surface area (Å²) in [5.74, 6) is -0.156. The van der Waals surface area contributed by atoms with Crippen LogP contribution < -0.4 is 10.1 Å². The molecular formula is C15H15N3O3S. The number of carbonyl (C=O) groups is 1. The molecule has 0 saturated carbocycles. The lowest BCUT2D eigenvalue weighted by molar-refractivity contribution is -0.114. The number of hydrazone groups is 1. The number of nitrogens with one attached hydrogen (secondary N) is 2. The van der Waals surface area contributed by atoms with Gasteiger partial charge in [-0.05, 0) is 29.8 Å². The molecule has 0 aliphatic carbocycles. The second-order valence-corrected chi connectivity index (χ2v) is 6.13. The fraction of sp³-hybridized carbons (Fsp3) is 0.0667. The SMILES string of the molecule is CC(=O)Nc1ccc(C=NNS(=O)(=O)c2ccccc2)cc1. The van der Waals surface area contributed by atoms with Crippen LogP contribution in [0.1, 0.15) is 12.5 Å². The van der Waals surface area contributed by atoms with E-state index in [1.165, 1.54) is 25.3 Å². The largest absolute Gasteiger partial charge is 0.326 e. The number of carbonyl (C=O) groups excluding carboxylic acids is 1. The van der Waals surface area contributed by atoms with Gasteiger partial charge in [0.05, 0.1) is 11.1 Å². The Labute approximate surface area is 128 Å². The van der Waals surface area contributed by atoms with E-state index in [0.717, 1.165) is 0 Å². The standard InChI is InChI=1S/C15H15N3O3S/c1-12(19)17-14-9-7-13(8-10-14)11-16-18-22(20,21)15-5-3-2-4-6-15/h2-11,18H,1H3,(H,17,19). The van der Waals surface area contributed by atoms with Crippen molar-refractivity contribution in [3.63, 3.8) is 0 Å². The number of nitrogens with zero attached hydrogens (tertiary/aromatic N) is 1. The van der Waals surface area contributed by atoms with E-state index in [0.29, 0.717) is 11.3 Å². The van der Waals surface area contributed by atoms with Gasteiger partial charge < -0.3 is 5.32 Å². The van der Waals surface area contributed by atoms with Crippen LogP contribution >= 0.6 is 0 Å². The molecule has 7 heteroatoms. The van der Waals surface area contributed by atoms with Gasteiger partial charge in [-0.3, -0.25) is 4.79 Å².